The molecule has 0 aliphatic rings. The Balaban J connectivity index is 2.54. The summed E-state index contributed by atoms with van der Waals surface area (Å²) in [7, 11) is 1.62. The van der Waals surface area contributed by atoms with Crippen molar-refractivity contribution in [2.45, 2.75) is 26.2 Å². The lowest BCUT2D eigenvalue weighted by Gasteiger charge is -2.10. The highest BCUT2D eigenvalue weighted by Gasteiger charge is 2.12. The number of hydrogen-bond donors (Lipinski definition) is 1. The molecule has 2 aromatic rings. The molecule has 1 heterocycles. The summed E-state index contributed by atoms with van der Waals surface area (Å²) in [5.74, 6) is 0.797. The van der Waals surface area contributed by atoms with Gasteiger partial charge in [-0.15, -0.1) is 0 Å². The minimum atomic E-state index is -0.432. The number of nitrogens with zero attached hydrogens (tertiary/aromatic N) is 2. The van der Waals surface area contributed by atoms with Crippen LogP contribution in [0.3, 0.4) is 0 Å². The number of hydrogen-bond acceptors (Lipinski definition) is 3. The molecule has 4 nitrogen and oxygen atoms in total. The van der Waals surface area contributed by atoms with E-state index < -0.39 is 6.10 Å². The average Bonchev–Trinajstić information content (AvgIpc) is 2.56. The van der Waals surface area contributed by atoms with Crippen molar-refractivity contribution >= 4 is 22.6 Å². The first-order valence-corrected chi connectivity index (χ1v) is 5.81. The fourth-order valence-electron chi connectivity index (χ4n) is 1.86. The lowest BCUT2D eigenvalue weighted by atomic mass is 10.3. The van der Waals surface area contributed by atoms with E-state index in [0.29, 0.717) is 18.2 Å². The smallest absolute Gasteiger partial charge is 0.136 e. The molecule has 0 aliphatic carbocycles. The van der Waals surface area contributed by atoms with Crippen LogP contribution in [0.25, 0.3) is 11.0 Å². The van der Waals surface area contributed by atoms with E-state index in [9.17, 15) is 5.11 Å². The Morgan fingerprint density at radius 2 is 2.29 bits per heavy atom. The fraction of sp³-hybridized carbons (Fsp3) is 0.417. The standard InChI is InChI=1S/C12H15ClN2O2/c1-8(16)6-15-11-4-3-9(13)5-10(11)14-12(15)7-17-2/h3-5,8,16H,6-7H2,1-2H3. The zero-order chi connectivity index (χ0) is 12.4. The van der Waals surface area contributed by atoms with Gasteiger partial charge in [0.05, 0.1) is 23.7 Å². The van der Waals surface area contributed by atoms with Gasteiger partial charge in [-0.2, -0.15) is 0 Å². The molecule has 0 aliphatic heterocycles. The molecule has 17 heavy (non-hydrogen) atoms. The van der Waals surface area contributed by atoms with E-state index in [-0.39, 0.29) is 0 Å². The number of rotatable bonds is 4. The summed E-state index contributed by atoms with van der Waals surface area (Å²) in [6, 6.07) is 5.54. The van der Waals surface area contributed by atoms with Crippen molar-refractivity contribution in [3.05, 3.63) is 29.0 Å². The van der Waals surface area contributed by atoms with Crippen LogP contribution in [0, 0.1) is 0 Å². The second-order valence-electron chi connectivity index (χ2n) is 4.05. The van der Waals surface area contributed by atoms with Gasteiger partial charge in [0.2, 0.25) is 0 Å². The minimum Gasteiger partial charge on any atom is -0.392 e. The molecule has 1 atom stereocenters. The molecule has 0 saturated carbocycles. The second kappa shape index (κ2) is 5.04. The second-order valence-corrected chi connectivity index (χ2v) is 4.49. The third-order valence-electron chi connectivity index (χ3n) is 2.51. The third-order valence-corrected chi connectivity index (χ3v) is 2.74. The highest BCUT2D eigenvalue weighted by molar-refractivity contribution is 6.31. The molecular formula is C12H15ClN2O2. The number of methoxy groups -OCH3 is 1. The molecular weight excluding hydrogens is 240 g/mol. The van der Waals surface area contributed by atoms with Crippen LogP contribution in [0.1, 0.15) is 12.7 Å². The normalized spacial score (nSPS) is 13.2. The molecule has 92 valence electrons. The van der Waals surface area contributed by atoms with Gasteiger partial charge >= 0.3 is 0 Å². The maximum Gasteiger partial charge on any atom is 0.136 e. The molecule has 1 aromatic heterocycles. The van der Waals surface area contributed by atoms with Crippen LogP contribution in [-0.4, -0.2) is 27.9 Å². The predicted octanol–water partition coefficient (Wildman–Crippen LogP) is 2.22. The molecule has 0 fully saturated rings. The zero-order valence-corrected chi connectivity index (χ0v) is 10.6. The van der Waals surface area contributed by atoms with Gasteiger partial charge in [-0.25, -0.2) is 4.98 Å². The number of aliphatic hydroxyl groups excluding tert-OH is 1. The van der Waals surface area contributed by atoms with Crippen LogP contribution >= 0.6 is 11.6 Å². The highest BCUT2D eigenvalue weighted by atomic mass is 35.5. The van der Waals surface area contributed by atoms with Crippen molar-refractivity contribution in [2.24, 2.45) is 0 Å². The number of imidazole rings is 1. The average molecular weight is 255 g/mol. The number of benzene rings is 1. The van der Waals surface area contributed by atoms with Crippen LogP contribution < -0.4 is 0 Å². The summed E-state index contributed by atoms with van der Waals surface area (Å²) in [6.07, 6.45) is -0.432. The van der Waals surface area contributed by atoms with E-state index in [1.165, 1.54) is 0 Å². The van der Waals surface area contributed by atoms with Crippen molar-refractivity contribution in [1.82, 2.24) is 9.55 Å². The maximum atomic E-state index is 9.52. The molecule has 5 heteroatoms. The molecule has 0 radical (unpaired) electrons. The summed E-state index contributed by atoms with van der Waals surface area (Å²) in [4.78, 5) is 4.46. The zero-order valence-electron chi connectivity index (χ0n) is 9.85. The Hall–Kier alpha value is -1.10. The first-order chi connectivity index (χ1) is 8.11. The van der Waals surface area contributed by atoms with Crippen LogP contribution in [-0.2, 0) is 17.9 Å². The maximum absolute atomic E-state index is 9.52. The van der Waals surface area contributed by atoms with E-state index in [1.54, 1.807) is 14.0 Å². The molecule has 0 bridgehead atoms. The number of aromatic nitrogens is 2. The fourth-order valence-corrected chi connectivity index (χ4v) is 2.03. The monoisotopic (exact) mass is 254 g/mol. The summed E-state index contributed by atoms with van der Waals surface area (Å²) in [6.45, 7) is 2.66. The Morgan fingerprint density at radius 3 is 2.94 bits per heavy atom. The van der Waals surface area contributed by atoms with E-state index in [2.05, 4.69) is 4.98 Å². The number of halogens is 1. The molecule has 1 unspecified atom stereocenters. The quantitative estimate of drug-likeness (QED) is 0.910. The lowest BCUT2D eigenvalue weighted by Crippen LogP contribution is -2.14. The number of aliphatic hydroxyl groups is 1. The first kappa shape index (κ1) is 12.4. The van der Waals surface area contributed by atoms with Crippen molar-refractivity contribution in [3.63, 3.8) is 0 Å². The van der Waals surface area contributed by atoms with Gasteiger partial charge in [0.25, 0.3) is 0 Å². The summed E-state index contributed by atoms with van der Waals surface area (Å²) >= 11 is 5.93. The van der Waals surface area contributed by atoms with Crippen LogP contribution in [0.5, 0.6) is 0 Å². The summed E-state index contributed by atoms with van der Waals surface area (Å²) < 4.78 is 7.07. The van der Waals surface area contributed by atoms with Gasteiger partial charge in [0, 0.05) is 12.1 Å². The molecule has 1 aromatic carbocycles. The Kier molecular flexibility index (Phi) is 3.66. The first-order valence-electron chi connectivity index (χ1n) is 5.43. The van der Waals surface area contributed by atoms with Crippen molar-refractivity contribution in [2.75, 3.05) is 7.11 Å². The highest BCUT2D eigenvalue weighted by Crippen LogP contribution is 2.21. The van der Waals surface area contributed by atoms with Gasteiger partial charge in [0.15, 0.2) is 0 Å². The number of fused-ring (bicyclic) bond motifs is 1. The SMILES string of the molecule is COCc1nc2cc(Cl)ccc2n1CC(C)O. The Morgan fingerprint density at radius 1 is 1.53 bits per heavy atom. The minimum absolute atomic E-state index is 0.416. The molecule has 0 spiro atoms. The van der Waals surface area contributed by atoms with Gasteiger partial charge in [-0.05, 0) is 25.1 Å². The van der Waals surface area contributed by atoms with Crippen molar-refractivity contribution in [1.29, 1.82) is 0 Å². The molecule has 0 saturated heterocycles. The largest absolute Gasteiger partial charge is 0.392 e. The topological polar surface area (TPSA) is 47.3 Å². The van der Waals surface area contributed by atoms with E-state index in [1.807, 2.05) is 22.8 Å². The third kappa shape index (κ3) is 2.60. The van der Waals surface area contributed by atoms with Crippen LogP contribution in [0.2, 0.25) is 5.02 Å². The number of ether oxygens (including phenoxy) is 1. The summed E-state index contributed by atoms with van der Waals surface area (Å²) in [5.41, 5.74) is 1.78. The van der Waals surface area contributed by atoms with Crippen molar-refractivity contribution < 1.29 is 9.84 Å². The molecule has 0 amide bonds. The summed E-state index contributed by atoms with van der Waals surface area (Å²) in [5, 5.41) is 10.2. The van der Waals surface area contributed by atoms with Gasteiger partial charge in [-0.1, -0.05) is 11.6 Å². The Bertz CT molecular complexity index is 522. The van der Waals surface area contributed by atoms with Crippen LogP contribution in [0.15, 0.2) is 18.2 Å². The predicted molar refractivity (Wildman–Crippen MR) is 67.1 cm³/mol. The van der Waals surface area contributed by atoms with Gasteiger partial charge in [-0.3, -0.25) is 0 Å². The van der Waals surface area contributed by atoms with E-state index in [4.69, 9.17) is 16.3 Å². The van der Waals surface area contributed by atoms with E-state index in [0.717, 1.165) is 16.9 Å². The lowest BCUT2D eigenvalue weighted by molar-refractivity contribution is 0.155. The van der Waals surface area contributed by atoms with E-state index >= 15 is 0 Å². The van der Waals surface area contributed by atoms with Gasteiger partial charge in [0.1, 0.15) is 12.4 Å². The van der Waals surface area contributed by atoms with Crippen molar-refractivity contribution in [3.8, 4) is 0 Å². The Labute approximate surface area is 105 Å². The molecule has 1 N–H and O–H groups in total. The van der Waals surface area contributed by atoms with Gasteiger partial charge < -0.3 is 14.4 Å². The van der Waals surface area contributed by atoms with Crippen LogP contribution in [0.4, 0.5) is 0 Å². The molecule has 2 rings (SSSR count).